The molecule has 1 atom stereocenters. The SMILES string of the molecule is CCCNC(Cc1cnn(CC)c1)c1cccc(F)c1. The van der Waals surface area contributed by atoms with Crippen molar-refractivity contribution in [3.63, 3.8) is 0 Å². The summed E-state index contributed by atoms with van der Waals surface area (Å²) in [6, 6.07) is 6.95. The molecule has 1 N–H and O–H groups in total. The Kier molecular flexibility index (Phi) is 5.30. The molecule has 0 saturated carbocycles. The molecule has 108 valence electrons. The van der Waals surface area contributed by atoms with Crippen molar-refractivity contribution in [2.24, 2.45) is 0 Å². The van der Waals surface area contributed by atoms with Gasteiger partial charge in [-0.1, -0.05) is 19.1 Å². The fourth-order valence-electron chi connectivity index (χ4n) is 2.27. The van der Waals surface area contributed by atoms with Crippen LogP contribution in [0.15, 0.2) is 36.7 Å². The van der Waals surface area contributed by atoms with Crippen LogP contribution < -0.4 is 5.32 Å². The van der Waals surface area contributed by atoms with Crippen molar-refractivity contribution in [3.8, 4) is 0 Å². The van der Waals surface area contributed by atoms with Crippen molar-refractivity contribution in [1.29, 1.82) is 0 Å². The molecular formula is C16H22FN3. The minimum absolute atomic E-state index is 0.125. The number of hydrogen-bond donors (Lipinski definition) is 1. The van der Waals surface area contributed by atoms with Crippen LogP contribution in [0.3, 0.4) is 0 Å². The topological polar surface area (TPSA) is 29.9 Å². The van der Waals surface area contributed by atoms with Gasteiger partial charge in [-0.25, -0.2) is 4.39 Å². The highest BCUT2D eigenvalue weighted by molar-refractivity contribution is 5.22. The van der Waals surface area contributed by atoms with Gasteiger partial charge >= 0.3 is 0 Å². The average molecular weight is 275 g/mol. The number of aromatic nitrogens is 2. The Hall–Kier alpha value is -1.68. The molecule has 4 heteroatoms. The lowest BCUT2D eigenvalue weighted by Crippen LogP contribution is -2.24. The van der Waals surface area contributed by atoms with E-state index in [1.54, 1.807) is 12.1 Å². The minimum Gasteiger partial charge on any atom is -0.310 e. The standard InChI is InChI=1S/C16H22FN3/c1-3-8-18-16(14-6-5-7-15(17)10-14)9-13-11-19-20(4-2)12-13/h5-7,10-12,16,18H,3-4,8-9H2,1-2H3. The van der Waals surface area contributed by atoms with Gasteiger partial charge in [-0.3, -0.25) is 4.68 Å². The third kappa shape index (κ3) is 3.90. The normalized spacial score (nSPS) is 12.6. The zero-order chi connectivity index (χ0) is 14.4. The van der Waals surface area contributed by atoms with Crippen molar-refractivity contribution >= 4 is 0 Å². The molecule has 1 heterocycles. The smallest absolute Gasteiger partial charge is 0.123 e. The summed E-state index contributed by atoms with van der Waals surface area (Å²) in [5.41, 5.74) is 2.16. The summed E-state index contributed by atoms with van der Waals surface area (Å²) in [5, 5.41) is 7.78. The molecule has 0 aliphatic rings. The first-order chi connectivity index (χ1) is 9.72. The van der Waals surface area contributed by atoms with Crippen molar-refractivity contribution in [1.82, 2.24) is 15.1 Å². The molecule has 0 saturated heterocycles. The highest BCUT2D eigenvalue weighted by atomic mass is 19.1. The predicted octanol–water partition coefficient (Wildman–Crippen LogP) is 3.33. The Morgan fingerprint density at radius 2 is 2.20 bits per heavy atom. The van der Waals surface area contributed by atoms with Gasteiger partial charge in [-0.05, 0) is 49.6 Å². The summed E-state index contributed by atoms with van der Waals surface area (Å²) >= 11 is 0. The predicted molar refractivity (Wildman–Crippen MR) is 79.0 cm³/mol. The Balaban J connectivity index is 2.14. The van der Waals surface area contributed by atoms with Crippen molar-refractivity contribution in [2.75, 3.05) is 6.54 Å². The van der Waals surface area contributed by atoms with E-state index in [-0.39, 0.29) is 11.9 Å². The fourth-order valence-corrected chi connectivity index (χ4v) is 2.27. The van der Waals surface area contributed by atoms with Crippen LogP contribution in [0.2, 0.25) is 0 Å². The number of aryl methyl sites for hydroxylation is 1. The maximum absolute atomic E-state index is 13.4. The van der Waals surface area contributed by atoms with Crippen LogP contribution in [-0.4, -0.2) is 16.3 Å². The van der Waals surface area contributed by atoms with Crippen LogP contribution >= 0.6 is 0 Å². The molecular weight excluding hydrogens is 253 g/mol. The maximum Gasteiger partial charge on any atom is 0.123 e. The van der Waals surface area contributed by atoms with Crippen LogP contribution in [0, 0.1) is 5.82 Å². The van der Waals surface area contributed by atoms with E-state index in [9.17, 15) is 4.39 Å². The summed E-state index contributed by atoms with van der Waals surface area (Å²) in [6.07, 6.45) is 5.83. The minimum atomic E-state index is -0.185. The number of benzene rings is 1. The number of nitrogens with zero attached hydrogens (tertiary/aromatic N) is 2. The molecule has 2 rings (SSSR count). The third-order valence-electron chi connectivity index (χ3n) is 3.34. The van der Waals surface area contributed by atoms with Crippen LogP contribution in [0.1, 0.15) is 37.4 Å². The quantitative estimate of drug-likeness (QED) is 0.840. The summed E-state index contributed by atoms with van der Waals surface area (Å²) in [4.78, 5) is 0. The van der Waals surface area contributed by atoms with E-state index in [0.717, 1.165) is 31.5 Å². The summed E-state index contributed by atoms with van der Waals surface area (Å²) in [6.45, 7) is 5.98. The molecule has 0 amide bonds. The number of nitrogens with one attached hydrogen (secondary N) is 1. The third-order valence-corrected chi connectivity index (χ3v) is 3.34. The average Bonchev–Trinajstić information content (AvgIpc) is 2.91. The van der Waals surface area contributed by atoms with Gasteiger partial charge in [0.1, 0.15) is 5.82 Å². The first-order valence-corrected chi connectivity index (χ1v) is 7.23. The zero-order valence-corrected chi connectivity index (χ0v) is 12.1. The summed E-state index contributed by atoms with van der Waals surface area (Å²) < 4.78 is 15.3. The van der Waals surface area contributed by atoms with E-state index < -0.39 is 0 Å². The van der Waals surface area contributed by atoms with E-state index in [1.807, 2.05) is 16.9 Å². The van der Waals surface area contributed by atoms with E-state index >= 15 is 0 Å². The second-order valence-corrected chi connectivity index (χ2v) is 4.97. The zero-order valence-electron chi connectivity index (χ0n) is 12.1. The first kappa shape index (κ1) is 14.7. The summed E-state index contributed by atoms with van der Waals surface area (Å²) in [7, 11) is 0. The Labute approximate surface area is 119 Å². The largest absolute Gasteiger partial charge is 0.310 e. The van der Waals surface area contributed by atoms with E-state index in [2.05, 4.69) is 30.5 Å². The monoisotopic (exact) mass is 275 g/mol. The highest BCUT2D eigenvalue weighted by Gasteiger charge is 2.13. The molecule has 2 aromatic rings. The van der Waals surface area contributed by atoms with Gasteiger partial charge < -0.3 is 5.32 Å². The van der Waals surface area contributed by atoms with Crippen molar-refractivity contribution in [3.05, 3.63) is 53.6 Å². The molecule has 1 unspecified atom stereocenters. The lowest BCUT2D eigenvalue weighted by molar-refractivity contribution is 0.524. The van der Waals surface area contributed by atoms with Crippen LogP contribution in [-0.2, 0) is 13.0 Å². The molecule has 20 heavy (non-hydrogen) atoms. The van der Waals surface area contributed by atoms with Crippen LogP contribution in [0.5, 0.6) is 0 Å². The van der Waals surface area contributed by atoms with Gasteiger partial charge in [0.05, 0.1) is 6.20 Å². The fraction of sp³-hybridized carbons (Fsp3) is 0.438. The lowest BCUT2D eigenvalue weighted by Gasteiger charge is -2.18. The molecule has 0 aliphatic carbocycles. The van der Waals surface area contributed by atoms with Gasteiger partial charge in [-0.15, -0.1) is 0 Å². The Bertz CT molecular complexity index is 536. The van der Waals surface area contributed by atoms with Gasteiger partial charge in [0, 0.05) is 18.8 Å². The van der Waals surface area contributed by atoms with Crippen molar-refractivity contribution in [2.45, 2.75) is 39.3 Å². The van der Waals surface area contributed by atoms with Gasteiger partial charge in [0.2, 0.25) is 0 Å². The second-order valence-electron chi connectivity index (χ2n) is 4.97. The van der Waals surface area contributed by atoms with Crippen molar-refractivity contribution < 1.29 is 4.39 Å². The van der Waals surface area contributed by atoms with Gasteiger partial charge in [-0.2, -0.15) is 5.10 Å². The van der Waals surface area contributed by atoms with E-state index in [1.165, 1.54) is 11.6 Å². The molecule has 1 aromatic heterocycles. The second kappa shape index (κ2) is 7.20. The van der Waals surface area contributed by atoms with Gasteiger partial charge in [0.25, 0.3) is 0 Å². The molecule has 0 bridgehead atoms. The Morgan fingerprint density at radius 3 is 2.85 bits per heavy atom. The van der Waals surface area contributed by atoms with Crippen LogP contribution in [0.25, 0.3) is 0 Å². The molecule has 1 aromatic carbocycles. The lowest BCUT2D eigenvalue weighted by atomic mass is 10.0. The number of halogens is 1. The molecule has 3 nitrogen and oxygen atoms in total. The molecule has 0 aliphatic heterocycles. The van der Waals surface area contributed by atoms with E-state index in [0.29, 0.717) is 0 Å². The molecule has 0 spiro atoms. The number of hydrogen-bond acceptors (Lipinski definition) is 2. The molecule has 0 radical (unpaired) electrons. The maximum atomic E-state index is 13.4. The number of rotatable bonds is 7. The van der Waals surface area contributed by atoms with Gasteiger partial charge in [0.15, 0.2) is 0 Å². The highest BCUT2D eigenvalue weighted by Crippen LogP contribution is 2.19. The van der Waals surface area contributed by atoms with E-state index in [4.69, 9.17) is 0 Å². The van der Waals surface area contributed by atoms with Crippen LogP contribution in [0.4, 0.5) is 4.39 Å². The summed E-state index contributed by atoms with van der Waals surface area (Å²) in [5.74, 6) is -0.185. The first-order valence-electron chi connectivity index (χ1n) is 7.23. The molecule has 0 fully saturated rings. The Morgan fingerprint density at radius 1 is 1.35 bits per heavy atom.